The molecule has 1 heterocycles. The van der Waals surface area contributed by atoms with Gasteiger partial charge in [-0.2, -0.15) is 0 Å². The van der Waals surface area contributed by atoms with Crippen LogP contribution in [0.25, 0.3) is 0 Å². The first-order chi connectivity index (χ1) is 13.2. The molecule has 1 fully saturated rings. The normalized spacial score (nSPS) is 20.1. The van der Waals surface area contributed by atoms with E-state index in [0.29, 0.717) is 0 Å². The number of methoxy groups -OCH3 is 1. The predicted octanol–water partition coefficient (Wildman–Crippen LogP) is 4.13. The maximum Gasteiger partial charge on any atom is 0.236 e. The second-order valence-electron chi connectivity index (χ2n) is 6.64. The van der Waals surface area contributed by atoms with Crippen LogP contribution in [0.15, 0.2) is 84.9 Å². The number of carbonyl (C=O) groups is 1. The summed E-state index contributed by atoms with van der Waals surface area (Å²) in [5.74, 6) is 0.145. The van der Waals surface area contributed by atoms with E-state index >= 15 is 0 Å². The monoisotopic (exact) mass is 359 g/mol. The van der Waals surface area contributed by atoms with Crippen molar-refractivity contribution in [3.8, 4) is 5.75 Å². The number of rotatable bonds is 5. The maximum absolute atomic E-state index is 13.0. The van der Waals surface area contributed by atoms with Crippen LogP contribution in [0.3, 0.4) is 0 Å². The standard InChI is InChI=1S/C23H21NO3/c1-27-19-14-12-18(13-15-19)24-21(16-8-4-2-5-9-16)20(23(24)26)22(25)17-10-6-3-7-11-17/h2-15,20-22,25H,1H3/t20-,21+,22?/m0/s1. The fourth-order valence-electron chi connectivity index (χ4n) is 3.71. The fraction of sp³-hybridized carbons (Fsp3) is 0.174. The summed E-state index contributed by atoms with van der Waals surface area (Å²) < 4.78 is 5.21. The molecule has 3 aromatic carbocycles. The van der Waals surface area contributed by atoms with Crippen LogP contribution in [0, 0.1) is 5.92 Å². The lowest BCUT2D eigenvalue weighted by atomic mass is 9.76. The molecule has 0 bridgehead atoms. The van der Waals surface area contributed by atoms with Crippen molar-refractivity contribution in [1.82, 2.24) is 0 Å². The van der Waals surface area contributed by atoms with Crippen LogP contribution in [-0.2, 0) is 4.79 Å². The van der Waals surface area contributed by atoms with Crippen molar-refractivity contribution in [2.75, 3.05) is 12.0 Å². The molecule has 0 aromatic heterocycles. The molecular weight excluding hydrogens is 338 g/mol. The molecule has 3 atom stereocenters. The van der Waals surface area contributed by atoms with Gasteiger partial charge in [-0.05, 0) is 35.4 Å². The maximum atomic E-state index is 13.0. The first-order valence-electron chi connectivity index (χ1n) is 8.96. The van der Waals surface area contributed by atoms with Crippen LogP contribution < -0.4 is 9.64 Å². The highest BCUT2D eigenvalue weighted by Gasteiger charge is 2.52. The van der Waals surface area contributed by atoms with Crippen LogP contribution >= 0.6 is 0 Å². The summed E-state index contributed by atoms with van der Waals surface area (Å²) in [4.78, 5) is 14.8. The molecule has 3 aromatic rings. The van der Waals surface area contributed by atoms with E-state index in [4.69, 9.17) is 4.74 Å². The van der Waals surface area contributed by atoms with Crippen LogP contribution in [0.4, 0.5) is 5.69 Å². The first kappa shape index (κ1) is 17.3. The number of β-lactam (4-membered cyclic amide) rings is 1. The Labute approximate surface area is 158 Å². The van der Waals surface area contributed by atoms with E-state index in [-0.39, 0.29) is 11.9 Å². The van der Waals surface area contributed by atoms with Gasteiger partial charge < -0.3 is 14.7 Å². The van der Waals surface area contributed by atoms with E-state index < -0.39 is 12.0 Å². The molecule has 0 radical (unpaired) electrons. The Balaban J connectivity index is 1.71. The summed E-state index contributed by atoms with van der Waals surface area (Å²) in [6, 6.07) is 26.4. The summed E-state index contributed by atoms with van der Waals surface area (Å²) in [6.45, 7) is 0. The van der Waals surface area contributed by atoms with Crippen molar-refractivity contribution in [3.63, 3.8) is 0 Å². The number of aliphatic hydroxyl groups excluding tert-OH is 1. The second-order valence-corrected chi connectivity index (χ2v) is 6.64. The van der Waals surface area contributed by atoms with Gasteiger partial charge in [0.2, 0.25) is 5.91 Å². The van der Waals surface area contributed by atoms with E-state index in [1.54, 1.807) is 12.0 Å². The zero-order chi connectivity index (χ0) is 18.8. The van der Waals surface area contributed by atoms with Gasteiger partial charge in [-0.15, -0.1) is 0 Å². The highest BCUT2D eigenvalue weighted by atomic mass is 16.5. The van der Waals surface area contributed by atoms with Gasteiger partial charge in [-0.25, -0.2) is 0 Å². The number of ether oxygens (including phenoxy) is 1. The molecule has 27 heavy (non-hydrogen) atoms. The Kier molecular flexibility index (Phi) is 4.65. The molecule has 4 rings (SSSR count). The molecule has 4 heteroatoms. The summed E-state index contributed by atoms with van der Waals surface area (Å²) in [7, 11) is 1.61. The van der Waals surface area contributed by atoms with Gasteiger partial charge in [0.15, 0.2) is 0 Å². The van der Waals surface area contributed by atoms with E-state index in [1.165, 1.54) is 0 Å². The average Bonchev–Trinajstić information content (AvgIpc) is 2.73. The molecule has 0 aliphatic carbocycles. The van der Waals surface area contributed by atoms with Crippen LogP contribution in [-0.4, -0.2) is 18.1 Å². The van der Waals surface area contributed by atoms with Crippen molar-refractivity contribution >= 4 is 11.6 Å². The van der Waals surface area contributed by atoms with Gasteiger partial charge in [-0.3, -0.25) is 4.79 Å². The molecule has 4 nitrogen and oxygen atoms in total. The molecule has 1 amide bonds. The number of aliphatic hydroxyl groups is 1. The molecule has 1 saturated heterocycles. The molecule has 136 valence electrons. The van der Waals surface area contributed by atoms with Crippen molar-refractivity contribution in [2.45, 2.75) is 12.1 Å². The summed E-state index contributed by atoms with van der Waals surface area (Å²) in [5.41, 5.74) is 2.56. The van der Waals surface area contributed by atoms with Crippen molar-refractivity contribution in [1.29, 1.82) is 0 Å². The second kappa shape index (κ2) is 7.25. The Hall–Kier alpha value is -3.11. The Morgan fingerprint density at radius 2 is 1.48 bits per heavy atom. The molecular formula is C23H21NO3. The van der Waals surface area contributed by atoms with E-state index in [1.807, 2.05) is 84.9 Å². The molecule has 1 aliphatic rings. The van der Waals surface area contributed by atoms with Gasteiger partial charge in [0.25, 0.3) is 0 Å². The molecule has 1 N–H and O–H groups in total. The van der Waals surface area contributed by atoms with Crippen molar-refractivity contribution in [2.24, 2.45) is 5.92 Å². The lowest BCUT2D eigenvalue weighted by molar-refractivity contribution is -0.136. The van der Waals surface area contributed by atoms with Crippen LogP contribution in [0.5, 0.6) is 5.75 Å². The van der Waals surface area contributed by atoms with E-state index in [0.717, 1.165) is 22.6 Å². The number of anilines is 1. The molecule has 1 unspecified atom stereocenters. The third-order valence-electron chi connectivity index (χ3n) is 5.11. The fourth-order valence-corrected chi connectivity index (χ4v) is 3.71. The van der Waals surface area contributed by atoms with Crippen molar-refractivity contribution in [3.05, 3.63) is 96.1 Å². The number of benzene rings is 3. The minimum atomic E-state index is -0.849. The summed E-state index contributed by atoms with van der Waals surface area (Å²) in [6.07, 6.45) is -0.849. The number of hydrogen-bond donors (Lipinski definition) is 1. The Bertz CT molecular complexity index is 909. The first-order valence-corrected chi connectivity index (χ1v) is 8.96. The average molecular weight is 359 g/mol. The zero-order valence-corrected chi connectivity index (χ0v) is 15.0. The zero-order valence-electron chi connectivity index (χ0n) is 15.0. The summed E-state index contributed by atoms with van der Waals surface area (Å²) >= 11 is 0. The quantitative estimate of drug-likeness (QED) is 0.697. The van der Waals surface area contributed by atoms with Gasteiger partial charge in [-0.1, -0.05) is 60.7 Å². The molecule has 0 spiro atoms. The third kappa shape index (κ3) is 3.09. The Morgan fingerprint density at radius 3 is 2.07 bits per heavy atom. The van der Waals surface area contributed by atoms with Gasteiger partial charge >= 0.3 is 0 Å². The van der Waals surface area contributed by atoms with Gasteiger partial charge in [0.05, 0.1) is 25.2 Å². The number of amides is 1. The number of carbonyl (C=O) groups excluding carboxylic acids is 1. The van der Waals surface area contributed by atoms with Crippen LogP contribution in [0.2, 0.25) is 0 Å². The minimum Gasteiger partial charge on any atom is -0.497 e. The highest BCUT2D eigenvalue weighted by Crippen LogP contribution is 2.48. The smallest absolute Gasteiger partial charge is 0.236 e. The van der Waals surface area contributed by atoms with Gasteiger partial charge in [0.1, 0.15) is 5.75 Å². The van der Waals surface area contributed by atoms with Gasteiger partial charge in [0, 0.05) is 5.69 Å². The predicted molar refractivity (Wildman–Crippen MR) is 105 cm³/mol. The van der Waals surface area contributed by atoms with E-state index in [9.17, 15) is 9.90 Å². The number of nitrogens with zero attached hydrogens (tertiary/aromatic N) is 1. The molecule has 0 saturated carbocycles. The highest BCUT2D eigenvalue weighted by molar-refractivity contribution is 6.03. The SMILES string of the molecule is COc1ccc(N2C(=O)[C@H](C(O)c3ccccc3)[C@H]2c2ccccc2)cc1. The summed E-state index contributed by atoms with van der Waals surface area (Å²) in [5, 5.41) is 10.9. The largest absolute Gasteiger partial charge is 0.497 e. The molecule has 1 aliphatic heterocycles. The third-order valence-corrected chi connectivity index (χ3v) is 5.11. The topological polar surface area (TPSA) is 49.8 Å². The van der Waals surface area contributed by atoms with Crippen molar-refractivity contribution < 1.29 is 14.6 Å². The number of hydrogen-bond acceptors (Lipinski definition) is 3. The van der Waals surface area contributed by atoms with Crippen LogP contribution in [0.1, 0.15) is 23.3 Å². The lowest BCUT2D eigenvalue weighted by Crippen LogP contribution is -2.57. The minimum absolute atomic E-state index is 0.0784. The Morgan fingerprint density at radius 1 is 0.889 bits per heavy atom. The van der Waals surface area contributed by atoms with E-state index in [2.05, 4.69) is 0 Å². The lowest BCUT2D eigenvalue weighted by Gasteiger charge is -2.49.